The third kappa shape index (κ3) is 4.35. The lowest BCUT2D eigenvalue weighted by atomic mass is 9.76. The van der Waals surface area contributed by atoms with Crippen LogP contribution < -0.4 is 0 Å². The Morgan fingerprint density at radius 1 is 1.03 bits per heavy atom. The van der Waals surface area contributed by atoms with Gasteiger partial charge in [-0.1, -0.05) is 62.7 Å². The first-order valence-corrected chi connectivity index (χ1v) is 13.7. The van der Waals surface area contributed by atoms with Crippen LogP contribution in [0.15, 0.2) is 54.1 Å². The Bertz CT molecular complexity index is 1500. The standard InChI is InChI=1S/C31H32ClN3O3/c1-31(2,3)25(15-28(36)21-10-18-6-4-5-7-19(18)11-21)29(37)34-16-24-14-23(34)17-35(24)30(38)27-12-20-8-9-22(32)13-26(20)33-27/h4-10,12-13,23-25,33H,11,14-17H2,1-3H3/t23-,24-,25+/m0/s1. The van der Waals surface area contributed by atoms with Crippen molar-refractivity contribution in [3.63, 3.8) is 0 Å². The number of ketones is 1. The Morgan fingerprint density at radius 2 is 1.76 bits per heavy atom. The van der Waals surface area contributed by atoms with E-state index in [1.165, 1.54) is 0 Å². The second-order valence-corrected chi connectivity index (χ2v) is 12.4. The predicted octanol–water partition coefficient (Wildman–Crippen LogP) is 5.51. The van der Waals surface area contributed by atoms with E-state index in [4.69, 9.17) is 11.6 Å². The maximum atomic E-state index is 13.9. The topological polar surface area (TPSA) is 73.5 Å². The van der Waals surface area contributed by atoms with Gasteiger partial charge in [0, 0.05) is 47.4 Å². The fourth-order valence-electron chi connectivity index (χ4n) is 6.29. The second-order valence-electron chi connectivity index (χ2n) is 12.0. The van der Waals surface area contributed by atoms with Crippen LogP contribution in [0.25, 0.3) is 17.0 Å². The summed E-state index contributed by atoms with van der Waals surface area (Å²) in [5, 5.41) is 1.56. The summed E-state index contributed by atoms with van der Waals surface area (Å²) in [4.78, 5) is 47.6. The highest BCUT2D eigenvalue weighted by molar-refractivity contribution is 6.31. The summed E-state index contributed by atoms with van der Waals surface area (Å²) in [6, 6.07) is 15.4. The van der Waals surface area contributed by atoms with Gasteiger partial charge in [-0.05, 0) is 47.2 Å². The average molecular weight is 530 g/mol. The Balaban J connectivity index is 1.14. The molecule has 2 saturated heterocycles. The van der Waals surface area contributed by atoms with E-state index in [1.54, 1.807) is 0 Å². The molecule has 0 saturated carbocycles. The van der Waals surface area contributed by atoms with E-state index in [9.17, 15) is 14.4 Å². The van der Waals surface area contributed by atoms with Crippen molar-refractivity contribution in [2.45, 2.75) is 52.1 Å². The molecule has 3 aliphatic rings. The van der Waals surface area contributed by atoms with Gasteiger partial charge in [0.15, 0.2) is 5.78 Å². The van der Waals surface area contributed by atoms with E-state index in [0.717, 1.165) is 34.0 Å². The van der Waals surface area contributed by atoms with Crippen molar-refractivity contribution in [1.29, 1.82) is 0 Å². The molecule has 3 heterocycles. The summed E-state index contributed by atoms with van der Waals surface area (Å²) in [6.45, 7) is 7.12. The molecule has 38 heavy (non-hydrogen) atoms. The van der Waals surface area contributed by atoms with Crippen LogP contribution in [0.3, 0.4) is 0 Å². The van der Waals surface area contributed by atoms with Gasteiger partial charge in [0.25, 0.3) is 5.91 Å². The van der Waals surface area contributed by atoms with E-state index in [1.807, 2.05) is 79.1 Å². The number of nitrogens with zero attached hydrogens (tertiary/aromatic N) is 2. The van der Waals surface area contributed by atoms with Crippen molar-refractivity contribution in [2.75, 3.05) is 13.1 Å². The minimum absolute atomic E-state index is 0.0187. The van der Waals surface area contributed by atoms with Crippen molar-refractivity contribution < 1.29 is 14.4 Å². The number of Topliss-reactive ketones (excluding diaryl/α,β-unsaturated/α-hetero) is 1. The van der Waals surface area contributed by atoms with Crippen LogP contribution in [0.5, 0.6) is 0 Å². The number of halogens is 1. The number of carbonyl (C=O) groups is 3. The molecule has 2 aliphatic heterocycles. The lowest BCUT2D eigenvalue weighted by molar-refractivity contribution is -0.143. The molecule has 3 aromatic rings. The monoisotopic (exact) mass is 529 g/mol. The quantitative estimate of drug-likeness (QED) is 0.474. The Kier molecular flexibility index (Phi) is 5.98. The number of fused-ring (bicyclic) bond motifs is 4. The lowest BCUT2D eigenvalue weighted by Crippen LogP contribution is -2.53. The Morgan fingerprint density at radius 3 is 2.47 bits per heavy atom. The molecule has 2 amide bonds. The normalized spacial score (nSPS) is 21.1. The molecular formula is C31H32ClN3O3. The van der Waals surface area contributed by atoms with Gasteiger partial charge in [-0.15, -0.1) is 0 Å². The van der Waals surface area contributed by atoms with Crippen molar-refractivity contribution in [3.05, 3.63) is 75.9 Å². The molecule has 6 rings (SSSR count). The molecular weight excluding hydrogens is 498 g/mol. The molecule has 2 aromatic carbocycles. The lowest BCUT2D eigenvalue weighted by Gasteiger charge is -2.39. The van der Waals surface area contributed by atoms with Gasteiger partial charge in [0.05, 0.1) is 18.0 Å². The molecule has 0 unspecified atom stereocenters. The number of likely N-dealkylation sites (tertiary alicyclic amines) is 2. The summed E-state index contributed by atoms with van der Waals surface area (Å²) in [7, 11) is 0. The predicted molar refractivity (Wildman–Crippen MR) is 149 cm³/mol. The highest BCUT2D eigenvalue weighted by atomic mass is 35.5. The maximum Gasteiger partial charge on any atom is 0.270 e. The number of H-pyrrole nitrogens is 1. The number of nitrogens with one attached hydrogen (secondary N) is 1. The molecule has 7 heteroatoms. The van der Waals surface area contributed by atoms with E-state index in [2.05, 4.69) is 11.1 Å². The number of rotatable bonds is 5. The highest BCUT2D eigenvalue weighted by Crippen LogP contribution is 2.38. The fraction of sp³-hybridized carbons (Fsp3) is 0.387. The van der Waals surface area contributed by atoms with Gasteiger partial charge in [-0.2, -0.15) is 0 Å². The number of amides is 2. The van der Waals surface area contributed by atoms with Crippen molar-refractivity contribution in [3.8, 4) is 0 Å². The first-order valence-electron chi connectivity index (χ1n) is 13.3. The largest absolute Gasteiger partial charge is 0.350 e. The molecule has 2 bridgehead atoms. The van der Waals surface area contributed by atoms with Crippen LogP contribution in [-0.4, -0.2) is 57.6 Å². The van der Waals surface area contributed by atoms with Crippen molar-refractivity contribution in [2.24, 2.45) is 11.3 Å². The SMILES string of the molecule is CC(C)(C)[C@H](CC(=O)C1=Cc2ccccc2C1)C(=O)N1C[C@@H]2C[C@H]1CN2C(=O)c1cc2ccc(Cl)cc2[nH]1. The molecule has 0 radical (unpaired) electrons. The van der Waals surface area contributed by atoms with Gasteiger partial charge in [-0.25, -0.2) is 0 Å². The number of carbonyl (C=O) groups excluding carboxylic acids is 3. The highest BCUT2D eigenvalue weighted by Gasteiger charge is 2.50. The smallest absolute Gasteiger partial charge is 0.270 e. The Labute approximate surface area is 227 Å². The fourth-order valence-corrected chi connectivity index (χ4v) is 6.47. The summed E-state index contributed by atoms with van der Waals surface area (Å²) < 4.78 is 0. The van der Waals surface area contributed by atoms with Crippen LogP contribution >= 0.6 is 11.6 Å². The molecule has 196 valence electrons. The zero-order chi connectivity index (χ0) is 26.8. The third-order valence-electron chi connectivity index (χ3n) is 8.46. The van der Waals surface area contributed by atoms with E-state index in [0.29, 0.717) is 30.2 Å². The van der Waals surface area contributed by atoms with Crippen molar-refractivity contribution in [1.82, 2.24) is 14.8 Å². The molecule has 2 fully saturated rings. The number of hydrogen-bond donors (Lipinski definition) is 1. The molecule has 1 aromatic heterocycles. The molecule has 3 atom stereocenters. The van der Waals surface area contributed by atoms with Gasteiger partial charge >= 0.3 is 0 Å². The van der Waals surface area contributed by atoms with Gasteiger partial charge in [-0.3, -0.25) is 14.4 Å². The van der Waals surface area contributed by atoms with E-state index >= 15 is 0 Å². The summed E-state index contributed by atoms with van der Waals surface area (Å²) >= 11 is 6.10. The first kappa shape index (κ1) is 24.9. The van der Waals surface area contributed by atoms with Crippen LogP contribution in [0.4, 0.5) is 0 Å². The number of piperazine rings is 1. The zero-order valence-corrected chi connectivity index (χ0v) is 22.7. The molecule has 1 N–H and O–H groups in total. The van der Waals surface area contributed by atoms with Crippen LogP contribution in [0.1, 0.15) is 55.2 Å². The van der Waals surface area contributed by atoms with Crippen LogP contribution in [0.2, 0.25) is 5.02 Å². The van der Waals surface area contributed by atoms with Gasteiger partial charge < -0.3 is 14.8 Å². The van der Waals surface area contributed by atoms with E-state index < -0.39 is 5.92 Å². The summed E-state index contributed by atoms with van der Waals surface area (Å²) in [5.41, 5.74) is 4.05. The summed E-state index contributed by atoms with van der Waals surface area (Å²) in [5.74, 6) is -0.384. The maximum absolute atomic E-state index is 13.9. The first-order chi connectivity index (χ1) is 18.1. The molecule has 1 aliphatic carbocycles. The molecule has 0 spiro atoms. The number of hydrogen-bond acceptors (Lipinski definition) is 3. The second kappa shape index (κ2) is 9.12. The van der Waals surface area contributed by atoms with Gasteiger partial charge in [0.2, 0.25) is 5.91 Å². The minimum atomic E-state index is -0.415. The third-order valence-corrected chi connectivity index (χ3v) is 8.69. The van der Waals surface area contributed by atoms with Crippen molar-refractivity contribution >= 4 is 46.2 Å². The molecule has 6 nitrogen and oxygen atoms in total. The zero-order valence-electron chi connectivity index (χ0n) is 22.0. The summed E-state index contributed by atoms with van der Waals surface area (Å²) in [6.07, 6.45) is 3.58. The number of benzene rings is 2. The average Bonchev–Trinajstić information content (AvgIpc) is 3.66. The number of aromatic nitrogens is 1. The van der Waals surface area contributed by atoms with Crippen LogP contribution in [-0.2, 0) is 16.0 Å². The number of aromatic amines is 1. The van der Waals surface area contributed by atoms with Crippen LogP contribution in [0, 0.1) is 11.3 Å². The van der Waals surface area contributed by atoms with Gasteiger partial charge in [0.1, 0.15) is 5.69 Å². The van der Waals surface area contributed by atoms with E-state index in [-0.39, 0.29) is 41.5 Å². The Hall–Kier alpha value is -3.38. The minimum Gasteiger partial charge on any atom is -0.350 e. The number of allylic oxidation sites excluding steroid dienone is 1.